The summed E-state index contributed by atoms with van der Waals surface area (Å²) in [5.41, 5.74) is 8.19. The summed E-state index contributed by atoms with van der Waals surface area (Å²) in [6, 6.07) is 0. The van der Waals surface area contributed by atoms with E-state index < -0.39 is 27.5 Å². The Morgan fingerprint density at radius 1 is 1.09 bits per heavy atom. The number of aliphatic hydroxyl groups excluding tert-OH is 1. The summed E-state index contributed by atoms with van der Waals surface area (Å²) in [6.07, 6.45) is 36.5. The lowest BCUT2D eigenvalue weighted by Crippen LogP contribution is -2.30. The molecule has 1 heterocycles. The van der Waals surface area contributed by atoms with Crippen molar-refractivity contribution in [3.05, 3.63) is 132 Å². The fourth-order valence-corrected chi connectivity index (χ4v) is 11.4. The predicted octanol–water partition coefficient (Wildman–Crippen LogP) is 11.8. The highest BCUT2D eigenvalue weighted by molar-refractivity contribution is 7.85. The average Bonchev–Trinajstić information content (AvgIpc) is 3.44. The summed E-state index contributed by atoms with van der Waals surface area (Å²) in [7, 11) is -3.99. The van der Waals surface area contributed by atoms with Gasteiger partial charge in [-0.2, -0.15) is 8.42 Å². The van der Waals surface area contributed by atoms with Crippen LogP contribution < -0.4 is 5.32 Å². The van der Waals surface area contributed by atoms with Crippen molar-refractivity contribution in [2.45, 2.75) is 138 Å². The zero-order chi connectivity index (χ0) is 47.5. The molecule has 0 aromatic heterocycles. The van der Waals surface area contributed by atoms with E-state index in [0.29, 0.717) is 37.6 Å². The third-order valence-corrected chi connectivity index (χ3v) is 14.6. The summed E-state index contributed by atoms with van der Waals surface area (Å²) >= 11 is -1.80. The van der Waals surface area contributed by atoms with Gasteiger partial charge in [-0.1, -0.05) is 146 Å². The highest BCUT2D eigenvalue weighted by Gasteiger charge is 2.44. The molecule has 5 unspecified atom stereocenters. The molecule has 1 fully saturated rings. The largest absolute Gasteiger partial charge is 0.388 e. The Balaban J connectivity index is 2.01. The van der Waals surface area contributed by atoms with Gasteiger partial charge < -0.3 is 25.0 Å². The molecule has 0 spiro atoms. The predicted molar refractivity (Wildman–Crippen MR) is 269 cm³/mol. The lowest BCUT2D eigenvalue weighted by Gasteiger charge is -2.38. The Morgan fingerprint density at radius 2 is 1.84 bits per heavy atom. The summed E-state index contributed by atoms with van der Waals surface area (Å²) in [5.74, 6) is 1.05. The van der Waals surface area contributed by atoms with Gasteiger partial charge in [-0.05, 0) is 117 Å². The van der Waals surface area contributed by atoms with Crippen molar-refractivity contribution in [1.82, 2.24) is 10.2 Å². The van der Waals surface area contributed by atoms with E-state index in [2.05, 4.69) is 120 Å². The Labute approximate surface area is 390 Å². The van der Waals surface area contributed by atoms with Gasteiger partial charge >= 0.3 is 0 Å². The quantitative estimate of drug-likeness (QED) is 0.0136. The van der Waals surface area contributed by atoms with Gasteiger partial charge in [0.15, 0.2) is 17.4 Å². The number of nitrogens with zero attached hydrogens (tertiary/aromatic N) is 1. The van der Waals surface area contributed by atoms with Crippen LogP contribution in [0.3, 0.4) is 0 Å². The number of aliphatic hydroxyl groups is 2. The maximum Gasteiger partial charge on any atom is 0.264 e. The number of unbranched alkanes of at least 4 members (excludes halogenated alkanes) is 2. The van der Waals surface area contributed by atoms with Crippen LogP contribution in [0.2, 0.25) is 0 Å². The van der Waals surface area contributed by atoms with Crippen LogP contribution in [0.5, 0.6) is 0 Å². The van der Waals surface area contributed by atoms with Crippen molar-refractivity contribution in [3.8, 4) is 0 Å². The van der Waals surface area contributed by atoms with E-state index in [1.165, 1.54) is 22.5 Å². The van der Waals surface area contributed by atoms with Crippen molar-refractivity contribution in [2.24, 2.45) is 34.5 Å². The topological polar surface area (TPSA) is 147 Å². The smallest absolute Gasteiger partial charge is 0.264 e. The van der Waals surface area contributed by atoms with E-state index >= 15 is 0 Å². The van der Waals surface area contributed by atoms with Crippen LogP contribution in [0.25, 0.3) is 0 Å². The van der Waals surface area contributed by atoms with Gasteiger partial charge in [0.05, 0.1) is 5.75 Å². The number of hydrogen-bond acceptors (Lipinski definition) is 7. The van der Waals surface area contributed by atoms with Crippen LogP contribution in [0, 0.1) is 34.5 Å². The first-order valence-electron chi connectivity index (χ1n) is 23.7. The lowest BCUT2D eigenvalue weighted by molar-refractivity contribution is -0.0361. The zero-order valence-electron chi connectivity index (χ0n) is 40.1. The molecule has 0 aromatic rings. The third kappa shape index (κ3) is 16.8. The molecule has 2 aliphatic carbocycles. The second kappa shape index (κ2) is 26.7. The summed E-state index contributed by atoms with van der Waals surface area (Å²) in [5, 5.41) is 23.0. The van der Waals surface area contributed by atoms with Gasteiger partial charge in [0, 0.05) is 53.7 Å². The lowest BCUT2D eigenvalue weighted by atomic mass is 9.66. The number of rotatable bonds is 27. The standard InChI is InChI=1S/C53H82N2O7S2/c1-10-13-15-25-41(5)50(45(11-2)54-36-18-21-39-64(60,61)62)52(6,7)35-24-31-42-29-23-30-43(49(42)40(4)26-22-32-48(56)57)33-34-47-53(8,9)51(44-27-16-14-17-28-44)46(12-3)55(47)37-19-20-38-63(58)59/h10,13-17,22,24-27,31,34,42-44,48-49,54,56-57H,1,4,11-12,18-21,23,28-30,32-33,35-39H2,2-3,5-9H3,(H,58,59)(H,60,61,62)/b15-13-,26-22-,31-24+,41-25+,47-34-,50-45-. The molecule has 0 bridgehead atoms. The first-order valence-corrected chi connectivity index (χ1v) is 26.6. The van der Waals surface area contributed by atoms with E-state index in [-0.39, 0.29) is 40.6 Å². The SMILES string of the molecule is C=C\C=C/C=C(C)/C(=C(\CC)NCCCCS(=O)(=O)O)C(C)(C)C/C=C/C1CCCC(C/C=C2\N(CCCCS(=O)O)C(CC)=C(C3C=CC=CC3)C2(C)C)C1C(=C)/C=C\CC(O)O. The minimum absolute atomic E-state index is 0.138. The fourth-order valence-electron chi connectivity index (χ4n) is 10.4. The second-order valence-corrected chi connectivity index (χ2v) is 21.5. The highest BCUT2D eigenvalue weighted by Crippen LogP contribution is 2.53. The van der Waals surface area contributed by atoms with Crippen molar-refractivity contribution < 1.29 is 31.9 Å². The highest BCUT2D eigenvalue weighted by atomic mass is 32.2. The zero-order valence-corrected chi connectivity index (χ0v) is 41.7. The molecular weight excluding hydrogens is 841 g/mol. The number of hydrogen-bond donors (Lipinski definition) is 5. The van der Waals surface area contributed by atoms with Crippen LogP contribution in [0.15, 0.2) is 132 Å². The van der Waals surface area contributed by atoms with Gasteiger partial charge in [-0.3, -0.25) is 4.55 Å². The van der Waals surface area contributed by atoms with Crippen molar-refractivity contribution in [1.29, 1.82) is 0 Å². The maximum atomic E-state index is 11.6. The first kappa shape index (κ1) is 55.0. The normalized spacial score (nSPS) is 23.7. The van der Waals surface area contributed by atoms with E-state index in [9.17, 15) is 31.9 Å². The van der Waals surface area contributed by atoms with E-state index in [4.69, 9.17) is 0 Å². The molecule has 1 aliphatic heterocycles. The summed E-state index contributed by atoms with van der Waals surface area (Å²) < 4.78 is 52.9. The minimum atomic E-state index is -3.99. The monoisotopic (exact) mass is 923 g/mol. The van der Waals surface area contributed by atoms with Gasteiger partial charge in [-0.25, -0.2) is 4.21 Å². The van der Waals surface area contributed by atoms with Crippen LogP contribution in [-0.2, 0) is 21.2 Å². The minimum Gasteiger partial charge on any atom is -0.388 e. The van der Waals surface area contributed by atoms with Crippen LogP contribution >= 0.6 is 0 Å². The Morgan fingerprint density at radius 3 is 2.47 bits per heavy atom. The first-order chi connectivity index (χ1) is 30.3. The van der Waals surface area contributed by atoms with E-state index in [1.807, 2.05) is 24.3 Å². The number of nitrogens with one attached hydrogen (secondary N) is 1. The fraction of sp³-hybridized carbons (Fsp3) is 0.585. The molecule has 11 heteroatoms. The van der Waals surface area contributed by atoms with Gasteiger partial charge in [0.25, 0.3) is 10.1 Å². The molecule has 3 aliphatic rings. The molecule has 0 amide bonds. The average molecular weight is 923 g/mol. The van der Waals surface area contributed by atoms with Crippen LogP contribution in [0.4, 0.5) is 0 Å². The second-order valence-electron chi connectivity index (χ2n) is 18.9. The van der Waals surface area contributed by atoms with Gasteiger partial charge in [0.2, 0.25) is 0 Å². The molecular formula is C53H82N2O7S2. The van der Waals surface area contributed by atoms with Crippen molar-refractivity contribution >= 4 is 21.2 Å². The molecule has 0 radical (unpaired) electrons. The van der Waals surface area contributed by atoms with E-state index in [0.717, 1.165) is 81.2 Å². The number of allylic oxidation sites excluding steroid dienone is 18. The Kier molecular flexibility index (Phi) is 23.0. The molecule has 358 valence electrons. The molecule has 0 saturated heterocycles. The van der Waals surface area contributed by atoms with Gasteiger partial charge in [0.1, 0.15) is 0 Å². The molecule has 5 N–H and O–H groups in total. The maximum absolute atomic E-state index is 11.6. The Bertz CT molecular complexity index is 1980. The molecule has 1 saturated carbocycles. The molecule has 64 heavy (non-hydrogen) atoms. The molecule has 5 atom stereocenters. The summed E-state index contributed by atoms with van der Waals surface area (Å²) in [6.45, 7) is 25.6. The van der Waals surface area contributed by atoms with Gasteiger partial charge in [-0.15, -0.1) is 0 Å². The van der Waals surface area contributed by atoms with Crippen molar-refractivity contribution in [2.75, 3.05) is 24.6 Å². The van der Waals surface area contributed by atoms with Crippen LogP contribution in [0.1, 0.15) is 132 Å². The third-order valence-electron chi connectivity index (χ3n) is 13.2. The van der Waals surface area contributed by atoms with E-state index in [1.54, 1.807) is 6.08 Å². The Hall–Kier alpha value is -3.32. The molecule has 3 rings (SSSR count). The van der Waals surface area contributed by atoms with Crippen molar-refractivity contribution in [3.63, 3.8) is 0 Å². The molecule has 0 aromatic carbocycles. The molecule has 9 nitrogen and oxygen atoms in total. The summed E-state index contributed by atoms with van der Waals surface area (Å²) in [4.78, 5) is 2.53. The van der Waals surface area contributed by atoms with Crippen LogP contribution in [-0.4, -0.2) is 67.7 Å².